The number of aliphatic carboxylic acids is 1. The molecule has 6 heteroatoms. The van der Waals surface area contributed by atoms with E-state index in [4.69, 9.17) is 44.6 Å². The minimum Gasteiger partial charge on any atom is -0.481 e. The summed E-state index contributed by atoms with van der Waals surface area (Å²) >= 11 is 15.2. The molecule has 0 saturated heterocycles. The van der Waals surface area contributed by atoms with Crippen LogP contribution in [0.15, 0.2) is 0 Å². The Morgan fingerprint density at radius 1 is 1.20 bits per heavy atom. The van der Waals surface area contributed by atoms with Crippen molar-refractivity contribution >= 4 is 40.8 Å². The summed E-state index contributed by atoms with van der Waals surface area (Å²) in [6, 6.07) is 0. The van der Waals surface area contributed by atoms with Crippen LogP contribution in [0.4, 0.5) is 0 Å². The predicted octanol–water partition coefficient (Wildman–Crippen LogP) is 3.65. The maximum absolute atomic E-state index is 9.76. The highest BCUT2D eigenvalue weighted by atomic mass is 35.6. The predicted molar refractivity (Wildman–Crippen MR) is 63.9 cm³/mol. The third-order valence-electron chi connectivity index (χ3n) is 0.896. The number of hydrogen-bond donors (Lipinski definition) is 1. The van der Waals surface area contributed by atoms with Crippen LogP contribution in [0.1, 0.15) is 34.1 Å². The Balaban J connectivity index is 0. The van der Waals surface area contributed by atoms with E-state index in [2.05, 4.69) is 0 Å². The lowest BCUT2D eigenvalue weighted by atomic mass is 10.4. The normalized spacial score (nSPS) is 11.3. The highest BCUT2D eigenvalue weighted by Crippen LogP contribution is 2.29. The van der Waals surface area contributed by atoms with Gasteiger partial charge in [0, 0.05) is 0 Å². The average molecular weight is 280 g/mol. The van der Waals surface area contributed by atoms with E-state index < -0.39 is 16.2 Å². The summed E-state index contributed by atoms with van der Waals surface area (Å²) in [6.07, 6.45) is 0.289. The first-order valence-corrected chi connectivity index (χ1v) is 5.62. The molecule has 0 unspecified atom stereocenters. The summed E-state index contributed by atoms with van der Waals surface area (Å²) in [7, 11) is 0. The van der Waals surface area contributed by atoms with E-state index >= 15 is 0 Å². The van der Waals surface area contributed by atoms with Gasteiger partial charge < -0.3 is 9.84 Å². The van der Waals surface area contributed by atoms with E-state index in [9.17, 15) is 4.79 Å². The Bertz CT molecular complexity index is 170. The van der Waals surface area contributed by atoms with Crippen molar-refractivity contribution in [2.45, 2.75) is 50.1 Å². The Morgan fingerprint density at radius 3 is 1.53 bits per heavy atom. The smallest absolute Gasteiger partial charge is 0.307 e. The molecule has 0 aliphatic heterocycles. The molecule has 0 aliphatic rings. The van der Waals surface area contributed by atoms with Crippen LogP contribution in [0, 0.1) is 0 Å². The molecule has 0 saturated carbocycles. The Labute approximate surface area is 106 Å². The maximum atomic E-state index is 9.76. The molecule has 0 rings (SSSR count). The second-order valence-corrected chi connectivity index (χ2v) is 5.94. The molecule has 0 heterocycles. The van der Waals surface area contributed by atoms with Gasteiger partial charge in [-0.15, -0.1) is 0 Å². The van der Waals surface area contributed by atoms with Gasteiger partial charge in [-0.3, -0.25) is 4.79 Å². The molecule has 92 valence electrons. The van der Waals surface area contributed by atoms with Gasteiger partial charge >= 0.3 is 5.97 Å². The lowest BCUT2D eigenvalue weighted by Gasteiger charge is -2.09. The summed E-state index contributed by atoms with van der Waals surface area (Å²) in [5, 5.41) is 8.00. The largest absolute Gasteiger partial charge is 0.481 e. The minimum atomic E-state index is -1.66. The van der Waals surface area contributed by atoms with Crippen LogP contribution in [-0.4, -0.2) is 27.1 Å². The fourth-order valence-corrected chi connectivity index (χ4v) is 1.06. The first kappa shape index (κ1) is 17.7. The summed E-state index contributed by atoms with van der Waals surface area (Å²) < 4.78 is 3.59. The molecule has 0 aromatic rings. The quantitative estimate of drug-likeness (QED) is 0.802. The van der Waals surface area contributed by atoms with Gasteiger partial charge in [0.2, 0.25) is 3.79 Å². The minimum absolute atomic E-state index is 0.375. The van der Waals surface area contributed by atoms with Gasteiger partial charge in [0.25, 0.3) is 0 Å². The van der Waals surface area contributed by atoms with Crippen molar-refractivity contribution in [3.05, 3.63) is 0 Å². The van der Waals surface area contributed by atoms with Gasteiger partial charge in [-0.25, -0.2) is 0 Å². The average Bonchev–Trinajstić information content (AvgIpc) is 1.76. The van der Waals surface area contributed by atoms with E-state index in [0.717, 1.165) is 0 Å². The van der Waals surface area contributed by atoms with Crippen molar-refractivity contribution in [3.8, 4) is 0 Å². The zero-order valence-corrected chi connectivity index (χ0v) is 11.5. The van der Waals surface area contributed by atoms with E-state index in [1.165, 1.54) is 0 Å². The number of hydrogen-bond acceptors (Lipinski definition) is 2. The Kier molecular flexibility index (Phi) is 9.97. The molecule has 0 aromatic carbocycles. The number of rotatable bonds is 3. The summed E-state index contributed by atoms with van der Waals surface area (Å²) in [5.74, 6) is -1.12. The van der Waals surface area contributed by atoms with Gasteiger partial charge in [0.05, 0.1) is 18.6 Å². The SMILES string of the molecule is CC(C)OC(C)C.O=C(O)CC(Cl)(Cl)Cl. The van der Waals surface area contributed by atoms with E-state index in [-0.39, 0.29) is 0 Å². The number of ether oxygens (including phenoxy) is 1. The standard InChI is InChI=1S/C6H14O.C3H3Cl3O2/c1-5(2)7-6(3)4;4-3(5,6)1-2(7)8/h5-6H,1-4H3;1H2,(H,7,8). The first-order valence-electron chi connectivity index (χ1n) is 4.48. The third-order valence-corrected chi connectivity index (χ3v) is 1.30. The molecule has 1 N–H and O–H groups in total. The lowest BCUT2D eigenvalue weighted by Crippen LogP contribution is -2.09. The molecule has 15 heavy (non-hydrogen) atoms. The van der Waals surface area contributed by atoms with Crippen molar-refractivity contribution in [2.24, 2.45) is 0 Å². The topological polar surface area (TPSA) is 46.5 Å². The third kappa shape index (κ3) is 25.0. The summed E-state index contributed by atoms with van der Waals surface area (Å²) in [5.41, 5.74) is 0. The second-order valence-electron chi connectivity index (χ2n) is 3.42. The Hall–Kier alpha value is 0.300. The van der Waals surface area contributed by atoms with E-state index in [1.54, 1.807) is 0 Å². The maximum Gasteiger partial charge on any atom is 0.307 e. The molecule has 3 nitrogen and oxygen atoms in total. The molecule has 0 fully saturated rings. The Morgan fingerprint density at radius 2 is 1.53 bits per heavy atom. The van der Waals surface area contributed by atoms with Crippen molar-refractivity contribution in [1.82, 2.24) is 0 Å². The number of carboxylic acid groups (broad SMARTS) is 1. The fourth-order valence-electron chi connectivity index (χ4n) is 0.716. The van der Waals surface area contributed by atoms with Gasteiger partial charge in [-0.05, 0) is 27.7 Å². The molecule has 0 amide bonds. The molecule has 0 spiro atoms. The van der Waals surface area contributed by atoms with Crippen LogP contribution in [0.2, 0.25) is 0 Å². The van der Waals surface area contributed by atoms with Crippen molar-refractivity contribution in [3.63, 3.8) is 0 Å². The van der Waals surface area contributed by atoms with Crippen molar-refractivity contribution < 1.29 is 14.6 Å². The number of carboxylic acids is 1. The zero-order valence-electron chi connectivity index (χ0n) is 9.26. The highest BCUT2D eigenvalue weighted by Gasteiger charge is 2.23. The highest BCUT2D eigenvalue weighted by molar-refractivity contribution is 6.68. The monoisotopic (exact) mass is 278 g/mol. The van der Waals surface area contributed by atoms with E-state index in [1.807, 2.05) is 27.7 Å². The zero-order chi connectivity index (χ0) is 12.6. The van der Waals surface area contributed by atoms with Crippen LogP contribution >= 0.6 is 34.8 Å². The molecule has 0 aromatic heterocycles. The lowest BCUT2D eigenvalue weighted by molar-refractivity contribution is -0.136. The molecule has 0 aliphatic carbocycles. The van der Waals surface area contributed by atoms with Gasteiger partial charge in [-0.1, -0.05) is 34.8 Å². The fraction of sp³-hybridized carbons (Fsp3) is 0.889. The van der Waals surface area contributed by atoms with Crippen LogP contribution in [0.25, 0.3) is 0 Å². The summed E-state index contributed by atoms with van der Waals surface area (Å²) in [4.78, 5) is 9.76. The van der Waals surface area contributed by atoms with Gasteiger partial charge in [-0.2, -0.15) is 0 Å². The second kappa shape index (κ2) is 8.45. The van der Waals surface area contributed by atoms with Gasteiger partial charge in [0.15, 0.2) is 0 Å². The molecule has 0 bridgehead atoms. The van der Waals surface area contributed by atoms with Crippen LogP contribution < -0.4 is 0 Å². The van der Waals surface area contributed by atoms with Crippen molar-refractivity contribution in [1.29, 1.82) is 0 Å². The van der Waals surface area contributed by atoms with Gasteiger partial charge in [0.1, 0.15) is 0 Å². The molecule has 0 radical (unpaired) electrons. The van der Waals surface area contributed by atoms with Crippen LogP contribution in [0.5, 0.6) is 0 Å². The van der Waals surface area contributed by atoms with E-state index in [0.29, 0.717) is 12.2 Å². The number of alkyl halides is 3. The van der Waals surface area contributed by atoms with Crippen LogP contribution in [0.3, 0.4) is 0 Å². The van der Waals surface area contributed by atoms with Crippen LogP contribution in [-0.2, 0) is 9.53 Å². The molecular weight excluding hydrogens is 262 g/mol. The molecular formula is C9H17Cl3O3. The number of halogens is 3. The first-order chi connectivity index (χ1) is 6.54. The molecule has 0 atom stereocenters. The number of carbonyl (C=O) groups is 1. The van der Waals surface area contributed by atoms with Crippen molar-refractivity contribution in [2.75, 3.05) is 0 Å². The summed E-state index contributed by atoms with van der Waals surface area (Å²) in [6.45, 7) is 8.17.